The summed E-state index contributed by atoms with van der Waals surface area (Å²) in [6.07, 6.45) is 0. The van der Waals surface area contributed by atoms with Crippen molar-refractivity contribution in [2.45, 2.75) is 6.92 Å². The highest BCUT2D eigenvalue weighted by molar-refractivity contribution is 6.34. The first-order valence-electron chi connectivity index (χ1n) is 8.05. The molecular formula is C19H16ClFN4O2. The molecule has 138 valence electrons. The SMILES string of the molecule is CNC(=O)c1ccc(NC(=O)c2c(C)nn(-c3ccc(F)cc3)c2Cl)cc1. The monoisotopic (exact) mass is 386 g/mol. The Morgan fingerprint density at radius 2 is 1.67 bits per heavy atom. The Balaban J connectivity index is 1.85. The van der Waals surface area contributed by atoms with Gasteiger partial charge in [-0.25, -0.2) is 9.07 Å². The van der Waals surface area contributed by atoms with Gasteiger partial charge in [0.05, 0.1) is 11.4 Å². The number of benzene rings is 2. The minimum atomic E-state index is -0.432. The molecule has 3 rings (SSSR count). The predicted molar refractivity (Wildman–Crippen MR) is 101 cm³/mol. The maximum absolute atomic E-state index is 13.1. The molecule has 2 aromatic carbocycles. The third-order valence-corrected chi connectivity index (χ3v) is 4.28. The van der Waals surface area contributed by atoms with Gasteiger partial charge in [0.25, 0.3) is 11.8 Å². The van der Waals surface area contributed by atoms with Crippen LogP contribution in [0.3, 0.4) is 0 Å². The lowest BCUT2D eigenvalue weighted by Crippen LogP contribution is -2.18. The van der Waals surface area contributed by atoms with Crippen molar-refractivity contribution in [2.75, 3.05) is 12.4 Å². The van der Waals surface area contributed by atoms with Gasteiger partial charge in [-0.05, 0) is 55.5 Å². The Labute approximate surface area is 160 Å². The number of nitrogens with zero attached hydrogens (tertiary/aromatic N) is 2. The van der Waals surface area contributed by atoms with Gasteiger partial charge in [-0.1, -0.05) is 11.6 Å². The molecule has 0 atom stereocenters. The van der Waals surface area contributed by atoms with Gasteiger partial charge in [0.15, 0.2) is 0 Å². The fourth-order valence-electron chi connectivity index (χ4n) is 2.55. The standard InChI is InChI=1S/C19H16ClFN4O2/c1-11-16(17(20)25(24-11)15-9-5-13(21)6-10-15)19(27)23-14-7-3-12(4-8-14)18(26)22-2/h3-10H,1-2H3,(H,22,26)(H,23,27). The average Bonchev–Trinajstić information content (AvgIpc) is 2.96. The van der Waals surface area contributed by atoms with Gasteiger partial charge in [0.1, 0.15) is 16.5 Å². The molecule has 3 aromatic rings. The molecule has 0 spiro atoms. The second-order valence-electron chi connectivity index (χ2n) is 5.75. The van der Waals surface area contributed by atoms with Crippen LogP contribution >= 0.6 is 11.6 Å². The van der Waals surface area contributed by atoms with Crippen LogP contribution in [0, 0.1) is 12.7 Å². The van der Waals surface area contributed by atoms with Crippen LogP contribution in [0.15, 0.2) is 48.5 Å². The number of rotatable bonds is 4. The van der Waals surface area contributed by atoms with Crippen molar-refractivity contribution < 1.29 is 14.0 Å². The Bertz CT molecular complexity index is 998. The Morgan fingerprint density at radius 1 is 1.04 bits per heavy atom. The zero-order valence-electron chi connectivity index (χ0n) is 14.6. The summed E-state index contributed by atoms with van der Waals surface area (Å²) in [6, 6.07) is 12.1. The Morgan fingerprint density at radius 3 is 2.26 bits per heavy atom. The van der Waals surface area contributed by atoms with Crippen LogP contribution in [0.5, 0.6) is 0 Å². The third-order valence-electron chi connectivity index (χ3n) is 3.93. The smallest absolute Gasteiger partial charge is 0.260 e. The van der Waals surface area contributed by atoms with Crippen LogP contribution in [0.4, 0.5) is 10.1 Å². The largest absolute Gasteiger partial charge is 0.355 e. The normalized spacial score (nSPS) is 10.5. The van der Waals surface area contributed by atoms with E-state index in [1.807, 2.05) is 0 Å². The summed E-state index contributed by atoms with van der Waals surface area (Å²) in [6.45, 7) is 1.66. The minimum absolute atomic E-state index is 0.124. The maximum atomic E-state index is 13.1. The summed E-state index contributed by atoms with van der Waals surface area (Å²) in [5, 5.41) is 9.65. The first-order chi connectivity index (χ1) is 12.9. The number of anilines is 1. The molecule has 6 nitrogen and oxygen atoms in total. The molecule has 0 radical (unpaired) electrons. The first-order valence-corrected chi connectivity index (χ1v) is 8.43. The molecule has 0 fully saturated rings. The summed E-state index contributed by atoms with van der Waals surface area (Å²) >= 11 is 6.34. The zero-order chi connectivity index (χ0) is 19.6. The second-order valence-corrected chi connectivity index (χ2v) is 6.11. The highest BCUT2D eigenvalue weighted by Gasteiger charge is 2.21. The molecule has 0 saturated carbocycles. The van der Waals surface area contributed by atoms with Crippen LogP contribution in [0.2, 0.25) is 5.15 Å². The number of aromatic nitrogens is 2. The van der Waals surface area contributed by atoms with Gasteiger partial charge in [-0.2, -0.15) is 5.10 Å². The van der Waals surface area contributed by atoms with Crippen LogP contribution in [-0.2, 0) is 0 Å². The molecule has 0 bridgehead atoms. The molecule has 1 aromatic heterocycles. The molecular weight excluding hydrogens is 371 g/mol. The zero-order valence-corrected chi connectivity index (χ0v) is 15.3. The van der Waals surface area contributed by atoms with Crippen LogP contribution in [0.25, 0.3) is 5.69 Å². The average molecular weight is 387 g/mol. The summed E-state index contributed by atoms with van der Waals surface area (Å²) < 4.78 is 14.5. The molecule has 0 aliphatic rings. The number of carbonyl (C=O) groups is 2. The second kappa shape index (κ2) is 7.59. The first kappa shape index (κ1) is 18.6. The van der Waals surface area contributed by atoms with Gasteiger partial charge in [-0.15, -0.1) is 0 Å². The van der Waals surface area contributed by atoms with Crippen molar-refractivity contribution in [2.24, 2.45) is 0 Å². The fraction of sp³-hybridized carbons (Fsp3) is 0.105. The number of hydrogen-bond donors (Lipinski definition) is 2. The number of halogens is 2. The van der Waals surface area contributed by atoms with E-state index in [4.69, 9.17) is 11.6 Å². The van der Waals surface area contributed by atoms with Crippen molar-refractivity contribution in [1.29, 1.82) is 0 Å². The van der Waals surface area contributed by atoms with E-state index in [1.165, 1.54) is 28.9 Å². The Kier molecular flexibility index (Phi) is 5.23. The summed E-state index contributed by atoms with van der Waals surface area (Å²) in [7, 11) is 1.54. The number of carbonyl (C=O) groups excluding carboxylic acids is 2. The van der Waals surface area contributed by atoms with Crippen LogP contribution in [-0.4, -0.2) is 28.6 Å². The predicted octanol–water partition coefficient (Wildman–Crippen LogP) is 3.59. The van der Waals surface area contributed by atoms with E-state index in [0.717, 1.165) is 0 Å². The van der Waals surface area contributed by atoms with Crippen molar-refractivity contribution >= 4 is 29.1 Å². The van der Waals surface area contributed by atoms with E-state index in [-0.39, 0.29) is 22.4 Å². The number of aryl methyl sites for hydroxylation is 1. The van der Waals surface area contributed by atoms with Gasteiger partial charge >= 0.3 is 0 Å². The molecule has 0 aliphatic carbocycles. The van der Waals surface area contributed by atoms with Gasteiger partial charge in [0.2, 0.25) is 0 Å². The third kappa shape index (κ3) is 3.83. The molecule has 8 heteroatoms. The quantitative estimate of drug-likeness (QED) is 0.719. The lowest BCUT2D eigenvalue weighted by molar-refractivity contribution is 0.0962. The number of nitrogens with one attached hydrogen (secondary N) is 2. The van der Waals surface area contributed by atoms with E-state index in [0.29, 0.717) is 22.6 Å². The lowest BCUT2D eigenvalue weighted by Gasteiger charge is -2.07. The highest BCUT2D eigenvalue weighted by atomic mass is 35.5. The molecule has 27 heavy (non-hydrogen) atoms. The van der Waals surface area contributed by atoms with Crippen molar-refractivity contribution in [3.05, 3.63) is 76.3 Å². The van der Waals surface area contributed by atoms with E-state index < -0.39 is 5.91 Å². The molecule has 1 heterocycles. The van der Waals surface area contributed by atoms with Crippen LogP contribution < -0.4 is 10.6 Å². The minimum Gasteiger partial charge on any atom is -0.355 e. The van der Waals surface area contributed by atoms with E-state index in [1.54, 1.807) is 38.2 Å². The maximum Gasteiger partial charge on any atom is 0.260 e. The van der Waals surface area contributed by atoms with Crippen LogP contribution in [0.1, 0.15) is 26.4 Å². The molecule has 0 saturated heterocycles. The Hall–Kier alpha value is -3.19. The van der Waals surface area contributed by atoms with Crippen molar-refractivity contribution in [3.8, 4) is 5.69 Å². The summed E-state index contributed by atoms with van der Waals surface area (Å²) in [5.41, 5.74) is 2.19. The summed E-state index contributed by atoms with van der Waals surface area (Å²) in [4.78, 5) is 24.2. The lowest BCUT2D eigenvalue weighted by atomic mass is 10.2. The van der Waals surface area contributed by atoms with Crippen molar-refractivity contribution in [1.82, 2.24) is 15.1 Å². The van der Waals surface area contributed by atoms with Gasteiger partial charge in [0, 0.05) is 18.3 Å². The van der Waals surface area contributed by atoms with Gasteiger partial charge in [-0.3, -0.25) is 9.59 Å². The van der Waals surface area contributed by atoms with E-state index in [2.05, 4.69) is 15.7 Å². The number of hydrogen-bond acceptors (Lipinski definition) is 3. The molecule has 2 amide bonds. The van der Waals surface area contributed by atoms with E-state index >= 15 is 0 Å². The summed E-state index contributed by atoms with van der Waals surface area (Å²) in [5.74, 6) is -1.03. The molecule has 0 aliphatic heterocycles. The van der Waals surface area contributed by atoms with Gasteiger partial charge < -0.3 is 10.6 Å². The highest BCUT2D eigenvalue weighted by Crippen LogP contribution is 2.25. The van der Waals surface area contributed by atoms with Crippen molar-refractivity contribution in [3.63, 3.8) is 0 Å². The number of amides is 2. The topological polar surface area (TPSA) is 76.0 Å². The molecule has 2 N–H and O–H groups in total. The molecule has 0 unspecified atom stereocenters. The fourth-order valence-corrected chi connectivity index (χ4v) is 2.91. The van der Waals surface area contributed by atoms with E-state index in [9.17, 15) is 14.0 Å².